The summed E-state index contributed by atoms with van der Waals surface area (Å²) in [6.07, 6.45) is 0. The Morgan fingerprint density at radius 2 is 1.67 bits per heavy atom. The zero-order valence-electron chi connectivity index (χ0n) is 8.89. The Morgan fingerprint density at radius 3 is 2.07 bits per heavy atom. The summed E-state index contributed by atoms with van der Waals surface area (Å²) in [7, 11) is -0.259. The molecule has 0 aliphatic heterocycles. The van der Waals surface area contributed by atoms with Gasteiger partial charge in [-0.15, -0.1) is 0 Å². The molecular formula is C10H13NO2S2. The molecular weight excluding hydrogens is 230 g/mol. The molecule has 0 aliphatic carbocycles. The average molecular weight is 243 g/mol. The maximum absolute atomic E-state index is 11.9. The first-order chi connectivity index (χ1) is 6.85. The molecule has 0 atom stereocenters. The van der Waals surface area contributed by atoms with E-state index in [9.17, 15) is 8.42 Å². The Bertz CT molecular complexity index is 461. The lowest BCUT2D eigenvalue weighted by molar-refractivity contribution is 0.591. The van der Waals surface area contributed by atoms with Gasteiger partial charge in [0.1, 0.15) is 0 Å². The summed E-state index contributed by atoms with van der Waals surface area (Å²) in [5.41, 5.74) is 1.02. The summed E-state index contributed by atoms with van der Waals surface area (Å²) >= 11 is 4.87. The van der Waals surface area contributed by atoms with Crippen LogP contribution >= 0.6 is 12.2 Å². The molecule has 0 saturated heterocycles. The van der Waals surface area contributed by atoms with Gasteiger partial charge < -0.3 is 4.90 Å². The maximum Gasteiger partial charge on any atom is 0.232 e. The smallest absolute Gasteiger partial charge is 0.232 e. The van der Waals surface area contributed by atoms with Gasteiger partial charge in [-0.25, -0.2) is 8.42 Å². The summed E-state index contributed by atoms with van der Waals surface area (Å²) in [4.78, 5) is 1.66. The van der Waals surface area contributed by atoms with Crippen LogP contribution in [0.25, 0.3) is 0 Å². The molecule has 0 aromatic heterocycles. The zero-order chi connectivity index (χ0) is 11.6. The highest BCUT2D eigenvalue weighted by Crippen LogP contribution is 2.14. The first-order valence-corrected chi connectivity index (χ1v) is 6.28. The van der Waals surface area contributed by atoms with Crippen LogP contribution in [-0.2, 0) is 9.84 Å². The number of benzene rings is 1. The Hall–Kier alpha value is -0.940. The third-order valence-electron chi connectivity index (χ3n) is 1.93. The van der Waals surface area contributed by atoms with E-state index in [0.717, 1.165) is 5.56 Å². The van der Waals surface area contributed by atoms with Crippen molar-refractivity contribution in [3.8, 4) is 0 Å². The monoisotopic (exact) mass is 243 g/mol. The first-order valence-electron chi connectivity index (χ1n) is 4.39. The third-order valence-corrected chi connectivity index (χ3v) is 4.67. The van der Waals surface area contributed by atoms with E-state index in [1.54, 1.807) is 38.4 Å². The largest absolute Gasteiger partial charge is 0.359 e. The second kappa shape index (κ2) is 4.28. The molecule has 0 unspecified atom stereocenters. The van der Waals surface area contributed by atoms with Crippen molar-refractivity contribution in [3.63, 3.8) is 0 Å². The molecule has 0 N–H and O–H groups in total. The molecule has 1 aromatic carbocycles. The van der Waals surface area contributed by atoms with Crippen LogP contribution in [-0.4, -0.2) is 31.7 Å². The third kappa shape index (κ3) is 2.54. The van der Waals surface area contributed by atoms with Gasteiger partial charge in [0.25, 0.3) is 0 Å². The van der Waals surface area contributed by atoms with Crippen LogP contribution < -0.4 is 0 Å². The quantitative estimate of drug-likeness (QED) is 0.702. The molecule has 0 radical (unpaired) electrons. The molecule has 0 fully saturated rings. The van der Waals surface area contributed by atoms with E-state index in [2.05, 4.69) is 0 Å². The minimum atomic E-state index is -3.50. The van der Waals surface area contributed by atoms with Gasteiger partial charge in [-0.2, -0.15) is 0 Å². The number of rotatable bonds is 1. The lowest BCUT2D eigenvalue weighted by atomic mass is 10.2. The van der Waals surface area contributed by atoms with E-state index < -0.39 is 9.84 Å². The molecule has 3 nitrogen and oxygen atoms in total. The van der Waals surface area contributed by atoms with Gasteiger partial charge in [0, 0.05) is 14.1 Å². The zero-order valence-corrected chi connectivity index (χ0v) is 10.5. The summed E-state index contributed by atoms with van der Waals surface area (Å²) in [6.45, 7) is 1.90. The SMILES string of the molecule is Cc1ccc(S(=O)(=O)C(=S)N(C)C)cc1. The van der Waals surface area contributed by atoms with E-state index in [1.165, 1.54) is 4.90 Å². The Kier molecular flexibility index (Phi) is 3.46. The van der Waals surface area contributed by atoms with Crippen LogP contribution in [0.2, 0.25) is 0 Å². The molecule has 1 rings (SSSR count). The number of sulfone groups is 1. The minimum absolute atomic E-state index is 0.0636. The number of hydrogen-bond acceptors (Lipinski definition) is 3. The van der Waals surface area contributed by atoms with E-state index >= 15 is 0 Å². The normalized spacial score (nSPS) is 11.1. The fourth-order valence-corrected chi connectivity index (χ4v) is 2.52. The molecule has 15 heavy (non-hydrogen) atoms. The van der Waals surface area contributed by atoms with E-state index in [1.807, 2.05) is 6.92 Å². The molecule has 0 spiro atoms. The van der Waals surface area contributed by atoms with Crippen molar-refractivity contribution in [1.29, 1.82) is 0 Å². The van der Waals surface area contributed by atoms with Gasteiger partial charge in [0.2, 0.25) is 9.84 Å². The van der Waals surface area contributed by atoms with E-state index in [0.29, 0.717) is 0 Å². The fourth-order valence-electron chi connectivity index (χ4n) is 1.06. The standard InChI is InChI=1S/C10H13NO2S2/c1-8-4-6-9(7-5-8)15(12,13)10(14)11(2)3/h4-7H,1-3H3. The number of aryl methyl sites for hydroxylation is 1. The Morgan fingerprint density at radius 1 is 1.20 bits per heavy atom. The predicted octanol–water partition coefficient (Wildman–Crippen LogP) is 1.62. The summed E-state index contributed by atoms with van der Waals surface area (Å²) in [5, 5.41) is 0. The maximum atomic E-state index is 11.9. The van der Waals surface area contributed by atoms with Crippen molar-refractivity contribution in [2.75, 3.05) is 14.1 Å². The van der Waals surface area contributed by atoms with Gasteiger partial charge in [-0.05, 0) is 31.3 Å². The Balaban J connectivity index is 3.18. The lowest BCUT2D eigenvalue weighted by Gasteiger charge is -2.13. The van der Waals surface area contributed by atoms with E-state index in [4.69, 9.17) is 12.2 Å². The molecule has 0 amide bonds. The van der Waals surface area contributed by atoms with Crippen LogP contribution in [0, 0.1) is 6.92 Å². The molecule has 0 saturated carbocycles. The fraction of sp³-hybridized carbons (Fsp3) is 0.300. The topological polar surface area (TPSA) is 37.4 Å². The van der Waals surface area contributed by atoms with Crippen molar-refractivity contribution in [1.82, 2.24) is 4.90 Å². The molecule has 0 heterocycles. The van der Waals surface area contributed by atoms with Gasteiger partial charge in [0.05, 0.1) is 4.90 Å². The number of thiocarbonyl (C=S) groups is 1. The summed E-state index contributed by atoms with van der Waals surface area (Å²) in [5.74, 6) is 0. The Labute approximate surface area is 95.6 Å². The van der Waals surface area contributed by atoms with Crippen molar-refractivity contribution >= 4 is 26.4 Å². The second-order valence-corrected chi connectivity index (χ2v) is 5.99. The molecule has 82 valence electrons. The van der Waals surface area contributed by atoms with Gasteiger partial charge in [0.15, 0.2) is 4.32 Å². The number of nitrogens with zero attached hydrogens (tertiary/aromatic N) is 1. The van der Waals surface area contributed by atoms with Crippen LogP contribution in [0.3, 0.4) is 0 Å². The highest BCUT2D eigenvalue weighted by atomic mass is 32.2. The summed E-state index contributed by atoms with van der Waals surface area (Å²) in [6, 6.07) is 6.65. The molecule has 0 aliphatic rings. The lowest BCUT2D eigenvalue weighted by Crippen LogP contribution is -2.28. The van der Waals surface area contributed by atoms with Crippen molar-refractivity contribution in [3.05, 3.63) is 29.8 Å². The van der Waals surface area contributed by atoms with Crippen LogP contribution in [0.15, 0.2) is 29.2 Å². The average Bonchev–Trinajstić information content (AvgIpc) is 2.17. The van der Waals surface area contributed by atoms with E-state index in [-0.39, 0.29) is 9.22 Å². The highest BCUT2D eigenvalue weighted by Gasteiger charge is 2.21. The van der Waals surface area contributed by atoms with Gasteiger partial charge in [-0.3, -0.25) is 0 Å². The van der Waals surface area contributed by atoms with Crippen molar-refractivity contribution in [2.24, 2.45) is 0 Å². The second-order valence-electron chi connectivity index (χ2n) is 3.48. The van der Waals surface area contributed by atoms with Crippen molar-refractivity contribution < 1.29 is 8.42 Å². The first kappa shape index (κ1) is 12.1. The summed E-state index contributed by atoms with van der Waals surface area (Å²) < 4.78 is 23.7. The predicted molar refractivity (Wildman–Crippen MR) is 64.6 cm³/mol. The highest BCUT2D eigenvalue weighted by molar-refractivity contribution is 8.17. The van der Waals surface area contributed by atoms with Crippen LogP contribution in [0.4, 0.5) is 0 Å². The van der Waals surface area contributed by atoms with Crippen LogP contribution in [0.5, 0.6) is 0 Å². The van der Waals surface area contributed by atoms with Gasteiger partial charge in [-0.1, -0.05) is 17.7 Å². The molecule has 5 heteroatoms. The molecule has 0 bridgehead atoms. The number of hydrogen-bond donors (Lipinski definition) is 0. The van der Waals surface area contributed by atoms with Gasteiger partial charge >= 0.3 is 0 Å². The van der Waals surface area contributed by atoms with Crippen molar-refractivity contribution in [2.45, 2.75) is 11.8 Å². The van der Waals surface area contributed by atoms with Crippen LogP contribution in [0.1, 0.15) is 5.56 Å². The molecule has 1 aromatic rings. The minimum Gasteiger partial charge on any atom is -0.359 e.